The summed E-state index contributed by atoms with van der Waals surface area (Å²) in [5.74, 6) is -0.604. The highest BCUT2D eigenvalue weighted by Gasteiger charge is 2.23. The topological polar surface area (TPSA) is 106 Å². The van der Waals surface area contributed by atoms with Crippen molar-refractivity contribution in [1.29, 1.82) is 5.26 Å². The number of nitrogens with zero attached hydrogens (tertiary/aromatic N) is 3. The number of anilines is 1. The van der Waals surface area contributed by atoms with Crippen molar-refractivity contribution in [2.45, 2.75) is 12.8 Å². The number of alkyl halides is 2. The quantitative estimate of drug-likeness (QED) is 0.624. The van der Waals surface area contributed by atoms with E-state index in [2.05, 4.69) is 4.98 Å². The summed E-state index contributed by atoms with van der Waals surface area (Å²) in [5.41, 5.74) is 3.77. The third kappa shape index (κ3) is 2.20. The number of hydrogen-bond donors (Lipinski definition) is 1. The second-order valence-electron chi connectivity index (χ2n) is 2.83. The molecule has 0 radical (unpaired) electrons. The summed E-state index contributed by atoms with van der Waals surface area (Å²) < 4.78 is 24.7. The zero-order valence-corrected chi connectivity index (χ0v) is 7.85. The molecule has 0 saturated carbocycles. The lowest BCUT2D eigenvalue weighted by molar-refractivity contribution is -0.384. The van der Waals surface area contributed by atoms with Crippen molar-refractivity contribution in [3.8, 4) is 6.07 Å². The monoisotopic (exact) mass is 228 g/mol. The van der Waals surface area contributed by atoms with Gasteiger partial charge in [-0.15, -0.1) is 0 Å². The number of aromatic nitrogens is 1. The maximum Gasteiger partial charge on any atom is 0.315 e. The van der Waals surface area contributed by atoms with Gasteiger partial charge in [-0.05, 0) is 6.07 Å². The molecule has 0 aromatic carbocycles. The van der Waals surface area contributed by atoms with E-state index in [4.69, 9.17) is 11.0 Å². The van der Waals surface area contributed by atoms with E-state index >= 15 is 0 Å². The number of rotatable bonds is 3. The Hall–Kier alpha value is -2.30. The van der Waals surface area contributed by atoms with Crippen molar-refractivity contribution in [2.75, 3.05) is 5.73 Å². The molecule has 8 heteroatoms. The number of nitriles is 1. The zero-order valence-electron chi connectivity index (χ0n) is 7.85. The standard InChI is InChI=1S/C8H6F2N4O2/c9-7(10)5-3-4(1-2-11)6(14(15)16)8(12)13-5/h3,7H,1H2,(H2,12,13). The highest BCUT2D eigenvalue weighted by Crippen LogP contribution is 2.29. The van der Waals surface area contributed by atoms with Crippen LogP contribution in [0.1, 0.15) is 17.7 Å². The number of hydrogen-bond acceptors (Lipinski definition) is 5. The maximum absolute atomic E-state index is 12.3. The van der Waals surface area contributed by atoms with Gasteiger partial charge >= 0.3 is 5.69 Å². The van der Waals surface area contributed by atoms with Crippen LogP contribution >= 0.6 is 0 Å². The van der Waals surface area contributed by atoms with Gasteiger partial charge < -0.3 is 5.73 Å². The Morgan fingerprint density at radius 3 is 2.75 bits per heavy atom. The Morgan fingerprint density at radius 2 is 2.31 bits per heavy atom. The smallest absolute Gasteiger partial charge is 0.315 e. The normalized spacial score (nSPS) is 10.1. The highest BCUT2D eigenvalue weighted by molar-refractivity contribution is 5.59. The molecule has 2 N–H and O–H groups in total. The van der Waals surface area contributed by atoms with E-state index in [0.717, 1.165) is 6.07 Å². The fraction of sp³-hybridized carbons (Fsp3) is 0.250. The third-order valence-electron chi connectivity index (χ3n) is 1.79. The van der Waals surface area contributed by atoms with Crippen LogP contribution in [0.5, 0.6) is 0 Å². The Bertz CT molecular complexity index is 470. The van der Waals surface area contributed by atoms with Crippen molar-refractivity contribution in [3.05, 3.63) is 27.4 Å². The molecule has 1 aromatic rings. The van der Waals surface area contributed by atoms with E-state index in [9.17, 15) is 18.9 Å². The number of nitrogen functional groups attached to an aromatic ring is 1. The van der Waals surface area contributed by atoms with Gasteiger partial charge in [0.25, 0.3) is 6.43 Å². The molecule has 1 heterocycles. The minimum atomic E-state index is -2.89. The lowest BCUT2D eigenvalue weighted by Crippen LogP contribution is -2.05. The molecule has 0 unspecified atom stereocenters. The third-order valence-corrected chi connectivity index (χ3v) is 1.79. The van der Waals surface area contributed by atoms with Gasteiger partial charge in [0.15, 0.2) is 0 Å². The molecule has 0 bridgehead atoms. The van der Waals surface area contributed by atoms with Crippen LogP contribution in [0.2, 0.25) is 0 Å². The van der Waals surface area contributed by atoms with Crippen LogP contribution in [0.3, 0.4) is 0 Å². The van der Waals surface area contributed by atoms with Crippen LogP contribution in [-0.4, -0.2) is 9.91 Å². The average Bonchev–Trinajstić information content (AvgIpc) is 2.16. The Morgan fingerprint density at radius 1 is 1.69 bits per heavy atom. The van der Waals surface area contributed by atoms with E-state index in [-0.39, 0.29) is 12.0 Å². The number of nitrogens with two attached hydrogens (primary N) is 1. The fourth-order valence-corrected chi connectivity index (χ4v) is 1.18. The predicted octanol–water partition coefficient (Wildman–Crippen LogP) is 1.58. The number of nitro groups is 1. The second kappa shape index (κ2) is 4.48. The molecule has 1 rings (SSSR count). The summed E-state index contributed by atoms with van der Waals surface area (Å²) in [7, 11) is 0. The van der Waals surface area contributed by atoms with Crippen LogP contribution in [0.4, 0.5) is 20.3 Å². The first-order valence-electron chi connectivity index (χ1n) is 4.06. The molecular formula is C8H6F2N4O2. The molecule has 0 aliphatic carbocycles. The van der Waals surface area contributed by atoms with Crippen LogP contribution in [-0.2, 0) is 6.42 Å². The predicted molar refractivity (Wildman–Crippen MR) is 49.6 cm³/mol. The number of halogens is 2. The largest absolute Gasteiger partial charge is 0.378 e. The van der Waals surface area contributed by atoms with Crippen LogP contribution in [0, 0.1) is 21.4 Å². The van der Waals surface area contributed by atoms with Crippen molar-refractivity contribution in [3.63, 3.8) is 0 Å². The van der Waals surface area contributed by atoms with E-state index in [1.807, 2.05) is 0 Å². The van der Waals surface area contributed by atoms with Gasteiger partial charge in [0.05, 0.1) is 17.4 Å². The minimum Gasteiger partial charge on any atom is -0.378 e. The summed E-state index contributed by atoms with van der Waals surface area (Å²) >= 11 is 0. The fourth-order valence-electron chi connectivity index (χ4n) is 1.18. The lowest BCUT2D eigenvalue weighted by atomic mass is 10.1. The van der Waals surface area contributed by atoms with Crippen LogP contribution < -0.4 is 5.73 Å². The minimum absolute atomic E-state index is 0.157. The first-order chi connectivity index (χ1) is 7.47. The van der Waals surface area contributed by atoms with Crippen LogP contribution in [0.15, 0.2) is 6.07 Å². The van der Waals surface area contributed by atoms with Gasteiger partial charge in [-0.25, -0.2) is 13.8 Å². The van der Waals surface area contributed by atoms with Gasteiger partial charge in [-0.1, -0.05) is 0 Å². The molecule has 0 spiro atoms. The molecule has 0 atom stereocenters. The lowest BCUT2D eigenvalue weighted by Gasteiger charge is -2.05. The SMILES string of the molecule is N#CCc1cc(C(F)F)nc(N)c1[N+](=O)[O-]. The second-order valence-corrected chi connectivity index (χ2v) is 2.83. The molecule has 0 fully saturated rings. The summed E-state index contributed by atoms with van der Waals surface area (Å²) in [5, 5.41) is 19.0. The van der Waals surface area contributed by atoms with Gasteiger partial charge in [0.1, 0.15) is 5.69 Å². The zero-order chi connectivity index (χ0) is 12.3. The van der Waals surface area contributed by atoms with E-state index in [1.54, 1.807) is 6.07 Å². The molecule has 0 amide bonds. The first kappa shape index (κ1) is 11.8. The molecule has 16 heavy (non-hydrogen) atoms. The van der Waals surface area contributed by atoms with E-state index < -0.39 is 28.5 Å². The van der Waals surface area contributed by atoms with Crippen LogP contribution in [0.25, 0.3) is 0 Å². The van der Waals surface area contributed by atoms with E-state index in [0.29, 0.717) is 0 Å². The van der Waals surface area contributed by atoms with Crippen molar-refractivity contribution >= 4 is 11.5 Å². The van der Waals surface area contributed by atoms with Crippen molar-refractivity contribution in [2.24, 2.45) is 0 Å². The highest BCUT2D eigenvalue weighted by atomic mass is 19.3. The molecule has 6 nitrogen and oxygen atoms in total. The van der Waals surface area contributed by atoms with Gasteiger partial charge in [0, 0.05) is 5.56 Å². The van der Waals surface area contributed by atoms with Gasteiger partial charge in [0.2, 0.25) is 5.82 Å². The molecular weight excluding hydrogens is 222 g/mol. The number of pyridine rings is 1. The summed E-state index contributed by atoms with van der Waals surface area (Å²) in [6.07, 6.45) is -3.26. The van der Waals surface area contributed by atoms with Gasteiger partial charge in [-0.3, -0.25) is 10.1 Å². The van der Waals surface area contributed by atoms with E-state index in [1.165, 1.54) is 0 Å². The molecule has 84 valence electrons. The Kier molecular flexibility index (Phi) is 3.30. The van der Waals surface area contributed by atoms with Crippen molar-refractivity contribution < 1.29 is 13.7 Å². The average molecular weight is 228 g/mol. The molecule has 0 aliphatic heterocycles. The summed E-state index contributed by atoms with van der Waals surface area (Å²) in [6.45, 7) is 0. The Labute approximate surface area is 88.5 Å². The first-order valence-corrected chi connectivity index (χ1v) is 4.06. The summed E-state index contributed by atoms with van der Waals surface area (Å²) in [6, 6.07) is 2.46. The van der Waals surface area contributed by atoms with Crippen molar-refractivity contribution in [1.82, 2.24) is 4.98 Å². The molecule has 1 aromatic heterocycles. The summed E-state index contributed by atoms with van der Waals surface area (Å²) in [4.78, 5) is 13.0. The molecule has 0 saturated heterocycles. The maximum atomic E-state index is 12.3. The molecule has 0 aliphatic rings. The van der Waals surface area contributed by atoms with Gasteiger partial charge in [-0.2, -0.15) is 5.26 Å². The Balaban J connectivity index is 3.40.